The van der Waals surface area contributed by atoms with Gasteiger partial charge in [0.2, 0.25) is 15.8 Å². The molecule has 32 heavy (non-hydrogen) atoms. The molecule has 0 amide bonds. The van der Waals surface area contributed by atoms with Crippen LogP contribution in [-0.4, -0.2) is 64.5 Å². The van der Waals surface area contributed by atoms with E-state index in [1.807, 2.05) is 32.9 Å². The topological polar surface area (TPSA) is 99.2 Å². The molecule has 1 aliphatic heterocycles. The van der Waals surface area contributed by atoms with Gasteiger partial charge in [0.15, 0.2) is 6.61 Å². The second-order valence-corrected chi connectivity index (χ2v) is 9.56. The van der Waals surface area contributed by atoms with Crippen molar-refractivity contribution in [1.82, 2.24) is 4.31 Å². The standard InChI is InChI=1S/C23H27NO7S/c1-15-11-16(2)22(17(3)12-15)19(25)14-31-23(26)18-5-6-20(29-4)21(13-18)32(27,28)24-7-9-30-10-8-24/h5-6,11-13H,7-10,14H2,1-4H3. The van der Waals surface area contributed by atoms with Crippen molar-refractivity contribution in [2.24, 2.45) is 0 Å². The Labute approximate surface area is 188 Å². The number of morpholine rings is 1. The zero-order valence-corrected chi connectivity index (χ0v) is 19.5. The van der Waals surface area contributed by atoms with Crippen molar-refractivity contribution in [3.05, 3.63) is 58.1 Å². The van der Waals surface area contributed by atoms with Crippen LogP contribution >= 0.6 is 0 Å². The van der Waals surface area contributed by atoms with Crippen LogP contribution in [0.3, 0.4) is 0 Å². The van der Waals surface area contributed by atoms with Crippen LogP contribution in [0.25, 0.3) is 0 Å². The highest BCUT2D eigenvalue weighted by molar-refractivity contribution is 7.89. The van der Waals surface area contributed by atoms with E-state index in [0.29, 0.717) is 18.8 Å². The zero-order chi connectivity index (χ0) is 23.5. The number of benzene rings is 2. The number of hydrogen-bond acceptors (Lipinski definition) is 7. The molecule has 0 N–H and O–H groups in total. The number of hydrogen-bond donors (Lipinski definition) is 0. The lowest BCUT2D eigenvalue weighted by atomic mass is 9.97. The van der Waals surface area contributed by atoms with E-state index in [2.05, 4.69) is 0 Å². The van der Waals surface area contributed by atoms with Crippen molar-refractivity contribution in [3.63, 3.8) is 0 Å². The highest BCUT2D eigenvalue weighted by Crippen LogP contribution is 2.29. The van der Waals surface area contributed by atoms with Gasteiger partial charge in [-0.25, -0.2) is 13.2 Å². The fraction of sp³-hybridized carbons (Fsp3) is 0.391. The number of esters is 1. The third kappa shape index (κ3) is 5.01. The van der Waals surface area contributed by atoms with Crippen LogP contribution in [0.15, 0.2) is 35.2 Å². The minimum atomic E-state index is -3.90. The fourth-order valence-corrected chi connectivity index (χ4v) is 5.43. The Morgan fingerprint density at radius 1 is 1.03 bits per heavy atom. The molecule has 1 aliphatic rings. The molecule has 2 aromatic carbocycles. The maximum Gasteiger partial charge on any atom is 0.338 e. The van der Waals surface area contributed by atoms with Gasteiger partial charge in [-0.2, -0.15) is 4.31 Å². The van der Waals surface area contributed by atoms with E-state index >= 15 is 0 Å². The van der Waals surface area contributed by atoms with E-state index in [4.69, 9.17) is 14.2 Å². The number of sulfonamides is 1. The molecular weight excluding hydrogens is 434 g/mol. The summed E-state index contributed by atoms with van der Waals surface area (Å²) in [6.45, 7) is 6.19. The summed E-state index contributed by atoms with van der Waals surface area (Å²) in [5.74, 6) is -0.986. The Balaban J connectivity index is 1.80. The van der Waals surface area contributed by atoms with Crippen molar-refractivity contribution in [2.75, 3.05) is 40.0 Å². The number of carbonyl (C=O) groups is 2. The van der Waals surface area contributed by atoms with Crippen LogP contribution in [-0.2, 0) is 19.5 Å². The van der Waals surface area contributed by atoms with Gasteiger partial charge in [0.25, 0.3) is 0 Å². The van der Waals surface area contributed by atoms with E-state index in [1.165, 1.54) is 29.6 Å². The molecule has 8 nitrogen and oxygen atoms in total. The molecule has 0 saturated carbocycles. The molecule has 0 unspecified atom stereocenters. The number of nitrogens with zero attached hydrogens (tertiary/aromatic N) is 1. The number of ether oxygens (including phenoxy) is 3. The van der Waals surface area contributed by atoms with Crippen molar-refractivity contribution < 1.29 is 32.2 Å². The molecule has 0 aliphatic carbocycles. The SMILES string of the molecule is COc1ccc(C(=O)OCC(=O)c2c(C)cc(C)cc2C)cc1S(=O)(=O)N1CCOCC1. The molecule has 1 fully saturated rings. The van der Waals surface area contributed by atoms with Gasteiger partial charge >= 0.3 is 5.97 Å². The van der Waals surface area contributed by atoms with E-state index in [9.17, 15) is 18.0 Å². The zero-order valence-electron chi connectivity index (χ0n) is 18.6. The highest BCUT2D eigenvalue weighted by atomic mass is 32.2. The third-order valence-corrected chi connectivity index (χ3v) is 7.20. The minimum absolute atomic E-state index is 0.0165. The molecule has 1 saturated heterocycles. The molecule has 0 radical (unpaired) electrons. The third-order valence-electron chi connectivity index (χ3n) is 5.28. The van der Waals surface area contributed by atoms with Crippen LogP contribution in [0, 0.1) is 20.8 Å². The first-order chi connectivity index (χ1) is 15.1. The Kier molecular flexibility index (Phi) is 7.33. The molecule has 0 bridgehead atoms. The van der Waals surface area contributed by atoms with Gasteiger partial charge in [-0.3, -0.25) is 4.79 Å². The molecule has 0 aromatic heterocycles. The van der Waals surface area contributed by atoms with E-state index in [-0.39, 0.29) is 35.1 Å². The largest absolute Gasteiger partial charge is 0.495 e. The average molecular weight is 462 g/mol. The van der Waals surface area contributed by atoms with E-state index in [0.717, 1.165) is 16.7 Å². The second-order valence-electron chi connectivity index (χ2n) is 7.66. The Bertz CT molecular complexity index is 1110. The van der Waals surface area contributed by atoms with Crippen molar-refractivity contribution in [3.8, 4) is 5.75 Å². The van der Waals surface area contributed by atoms with Crippen LogP contribution in [0.1, 0.15) is 37.4 Å². The average Bonchev–Trinajstić information content (AvgIpc) is 2.76. The van der Waals surface area contributed by atoms with Gasteiger partial charge in [-0.15, -0.1) is 0 Å². The van der Waals surface area contributed by atoms with E-state index < -0.39 is 22.6 Å². The normalized spacial score (nSPS) is 14.8. The monoisotopic (exact) mass is 461 g/mol. The summed E-state index contributed by atoms with van der Waals surface area (Å²) in [4.78, 5) is 25.1. The predicted molar refractivity (Wildman–Crippen MR) is 118 cm³/mol. The van der Waals surface area contributed by atoms with Crippen molar-refractivity contribution in [1.29, 1.82) is 0 Å². The van der Waals surface area contributed by atoms with E-state index in [1.54, 1.807) is 0 Å². The van der Waals surface area contributed by atoms with Crippen LogP contribution in [0.2, 0.25) is 0 Å². The predicted octanol–water partition coefficient (Wildman–Crippen LogP) is 2.68. The van der Waals surface area contributed by atoms with Crippen molar-refractivity contribution >= 4 is 21.8 Å². The number of methoxy groups -OCH3 is 1. The summed E-state index contributed by atoms with van der Waals surface area (Å²) < 4.78 is 43.1. The van der Waals surface area contributed by atoms with Gasteiger partial charge in [-0.05, 0) is 50.1 Å². The van der Waals surface area contributed by atoms with Gasteiger partial charge in [0.1, 0.15) is 10.6 Å². The first-order valence-electron chi connectivity index (χ1n) is 10.2. The first-order valence-corrected chi connectivity index (χ1v) is 11.6. The van der Waals surface area contributed by atoms with Gasteiger partial charge in [0, 0.05) is 18.7 Å². The number of Topliss-reactive ketones (excluding diaryl/α,β-unsaturated/α-hetero) is 1. The second kappa shape index (κ2) is 9.81. The molecule has 172 valence electrons. The molecule has 0 atom stereocenters. The van der Waals surface area contributed by atoms with Gasteiger partial charge < -0.3 is 14.2 Å². The quantitative estimate of drug-likeness (QED) is 0.462. The number of aryl methyl sites for hydroxylation is 3. The Morgan fingerprint density at radius 3 is 2.25 bits per heavy atom. The maximum absolute atomic E-state index is 13.1. The Hall–Kier alpha value is -2.75. The molecule has 2 aromatic rings. The van der Waals surface area contributed by atoms with Crippen LogP contribution < -0.4 is 4.74 Å². The summed E-state index contributed by atoms with van der Waals surface area (Å²) in [5.41, 5.74) is 3.20. The lowest BCUT2D eigenvalue weighted by molar-refractivity contribution is 0.0474. The number of rotatable bonds is 7. The summed E-state index contributed by atoms with van der Waals surface area (Å²) in [6, 6.07) is 7.83. The Morgan fingerprint density at radius 2 is 1.66 bits per heavy atom. The highest BCUT2D eigenvalue weighted by Gasteiger charge is 2.30. The number of ketones is 1. The molecule has 3 rings (SSSR count). The summed E-state index contributed by atoms with van der Waals surface area (Å²) in [7, 11) is -2.54. The maximum atomic E-state index is 13.1. The summed E-state index contributed by atoms with van der Waals surface area (Å²) in [5, 5.41) is 0. The minimum Gasteiger partial charge on any atom is -0.495 e. The summed E-state index contributed by atoms with van der Waals surface area (Å²) in [6.07, 6.45) is 0. The smallest absolute Gasteiger partial charge is 0.338 e. The lowest BCUT2D eigenvalue weighted by Crippen LogP contribution is -2.40. The van der Waals surface area contributed by atoms with Crippen molar-refractivity contribution in [2.45, 2.75) is 25.7 Å². The molecule has 9 heteroatoms. The lowest BCUT2D eigenvalue weighted by Gasteiger charge is -2.26. The molecule has 1 heterocycles. The first kappa shape index (κ1) is 23.9. The molecule has 0 spiro atoms. The number of carbonyl (C=O) groups excluding carboxylic acids is 2. The summed E-state index contributed by atoms with van der Waals surface area (Å²) >= 11 is 0. The van der Waals surface area contributed by atoms with Gasteiger partial charge in [0.05, 0.1) is 25.9 Å². The fourth-order valence-electron chi connectivity index (χ4n) is 3.84. The molecular formula is C23H27NO7S. The van der Waals surface area contributed by atoms with Crippen LogP contribution in [0.4, 0.5) is 0 Å². The van der Waals surface area contributed by atoms with Crippen LogP contribution in [0.5, 0.6) is 5.75 Å². The van der Waals surface area contributed by atoms with Gasteiger partial charge in [-0.1, -0.05) is 17.7 Å².